The molecule has 1 unspecified atom stereocenters. The lowest BCUT2D eigenvalue weighted by Gasteiger charge is -2.10. The molecule has 9 heteroatoms. The number of carboxylic acid groups (broad SMARTS) is 1. The number of benzene rings is 2. The van der Waals surface area contributed by atoms with E-state index in [-0.39, 0.29) is 33.5 Å². The molecule has 1 heterocycles. The number of phenolic OH excluding ortho intramolecular Hbond substituents is 1. The summed E-state index contributed by atoms with van der Waals surface area (Å²) in [6.45, 7) is -0.0889. The number of hydrogen-bond donors (Lipinski definition) is 2. The summed E-state index contributed by atoms with van der Waals surface area (Å²) in [5, 5.41) is 19.4. The van der Waals surface area contributed by atoms with E-state index in [1.807, 2.05) is 0 Å². The summed E-state index contributed by atoms with van der Waals surface area (Å²) in [5.41, 5.74) is 0.694. The van der Waals surface area contributed by atoms with Crippen LogP contribution in [0.3, 0.4) is 0 Å². The van der Waals surface area contributed by atoms with E-state index < -0.39 is 36.0 Å². The van der Waals surface area contributed by atoms with Crippen LogP contribution in [0.4, 0.5) is 13.2 Å². The normalized spacial score (nSPS) is 12.3. The Kier molecular flexibility index (Phi) is 5.23. The first kappa shape index (κ1) is 20.2. The number of aromatic hydroxyl groups is 1. The Morgan fingerprint density at radius 1 is 1.14 bits per heavy atom. The van der Waals surface area contributed by atoms with Gasteiger partial charge in [0.2, 0.25) is 0 Å². The molecule has 0 aliphatic heterocycles. The van der Waals surface area contributed by atoms with E-state index in [0.29, 0.717) is 0 Å². The Bertz CT molecular complexity index is 1110. The molecular formula is C20H16F3NO5. The number of nitrogens with zero attached hydrogens (tertiary/aromatic N) is 1. The SMILES string of the molecule is Cc1c(C(C)C(=O)O)c2cc(O)c(F)cc2n1C(=O)c1ccc(OC(F)F)cc1. The molecule has 0 aliphatic carbocycles. The zero-order chi connectivity index (χ0) is 21.5. The maximum absolute atomic E-state index is 14.0. The van der Waals surface area contributed by atoms with Crippen LogP contribution >= 0.6 is 0 Å². The molecule has 152 valence electrons. The van der Waals surface area contributed by atoms with Crippen molar-refractivity contribution in [2.45, 2.75) is 26.4 Å². The summed E-state index contributed by atoms with van der Waals surface area (Å²) >= 11 is 0. The zero-order valence-electron chi connectivity index (χ0n) is 15.3. The molecule has 0 aliphatic rings. The average Bonchev–Trinajstić information content (AvgIpc) is 2.92. The van der Waals surface area contributed by atoms with Gasteiger partial charge in [0, 0.05) is 22.7 Å². The summed E-state index contributed by atoms with van der Waals surface area (Å²) in [4.78, 5) is 24.6. The number of phenols is 1. The Morgan fingerprint density at radius 2 is 1.76 bits per heavy atom. The van der Waals surface area contributed by atoms with Gasteiger partial charge in [0.15, 0.2) is 11.6 Å². The van der Waals surface area contributed by atoms with E-state index in [1.165, 1.54) is 38.1 Å². The molecule has 2 N–H and O–H groups in total. The van der Waals surface area contributed by atoms with Crippen LogP contribution in [-0.2, 0) is 4.79 Å². The van der Waals surface area contributed by atoms with E-state index in [2.05, 4.69) is 4.74 Å². The first-order chi connectivity index (χ1) is 13.6. The smallest absolute Gasteiger partial charge is 0.387 e. The Balaban J connectivity index is 2.18. The van der Waals surface area contributed by atoms with Crippen LogP contribution in [0.5, 0.6) is 11.5 Å². The van der Waals surface area contributed by atoms with E-state index in [1.54, 1.807) is 0 Å². The highest BCUT2D eigenvalue weighted by molar-refractivity contribution is 6.05. The van der Waals surface area contributed by atoms with Crippen LogP contribution in [0, 0.1) is 12.7 Å². The summed E-state index contributed by atoms with van der Waals surface area (Å²) in [7, 11) is 0. The van der Waals surface area contributed by atoms with Crippen molar-refractivity contribution in [3.8, 4) is 11.5 Å². The largest absolute Gasteiger partial charge is 0.505 e. The predicted molar refractivity (Wildman–Crippen MR) is 97.2 cm³/mol. The molecule has 1 atom stereocenters. The molecule has 0 radical (unpaired) electrons. The highest BCUT2D eigenvalue weighted by Gasteiger charge is 2.27. The minimum atomic E-state index is -3.01. The number of carboxylic acids is 1. The molecule has 0 fully saturated rings. The number of rotatable bonds is 5. The van der Waals surface area contributed by atoms with Gasteiger partial charge >= 0.3 is 12.6 Å². The molecule has 6 nitrogen and oxygen atoms in total. The zero-order valence-corrected chi connectivity index (χ0v) is 15.3. The number of halogens is 3. The fourth-order valence-electron chi connectivity index (χ4n) is 3.29. The average molecular weight is 407 g/mol. The molecule has 0 saturated carbocycles. The number of hydrogen-bond acceptors (Lipinski definition) is 4. The molecular weight excluding hydrogens is 391 g/mol. The van der Waals surface area contributed by atoms with Gasteiger partial charge in [-0.1, -0.05) is 0 Å². The predicted octanol–water partition coefficient (Wildman–Crippen LogP) is 4.27. The topological polar surface area (TPSA) is 88.8 Å². The van der Waals surface area contributed by atoms with E-state index in [9.17, 15) is 33.0 Å². The molecule has 0 amide bonds. The minimum Gasteiger partial charge on any atom is -0.505 e. The summed E-state index contributed by atoms with van der Waals surface area (Å²) in [6.07, 6.45) is 0. The van der Waals surface area contributed by atoms with E-state index >= 15 is 0 Å². The van der Waals surface area contributed by atoms with Gasteiger partial charge < -0.3 is 14.9 Å². The summed E-state index contributed by atoms with van der Waals surface area (Å²) < 4.78 is 43.9. The third-order valence-corrected chi connectivity index (χ3v) is 4.65. The van der Waals surface area contributed by atoms with Gasteiger partial charge in [-0.25, -0.2) is 4.39 Å². The monoisotopic (exact) mass is 407 g/mol. The summed E-state index contributed by atoms with van der Waals surface area (Å²) in [5.74, 6) is -4.59. The van der Waals surface area contributed by atoms with Crippen molar-refractivity contribution < 1.29 is 37.7 Å². The second-order valence-electron chi connectivity index (χ2n) is 6.42. The van der Waals surface area contributed by atoms with Crippen LogP contribution in [0.2, 0.25) is 0 Å². The van der Waals surface area contributed by atoms with Gasteiger partial charge in [0.25, 0.3) is 5.91 Å². The molecule has 0 bridgehead atoms. The van der Waals surface area contributed by atoms with E-state index in [0.717, 1.165) is 16.7 Å². The maximum Gasteiger partial charge on any atom is 0.387 e. The molecule has 3 rings (SSSR count). The lowest BCUT2D eigenvalue weighted by molar-refractivity contribution is -0.138. The van der Waals surface area contributed by atoms with Gasteiger partial charge in [0.1, 0.15) is 5.75 Å². The number of aromatic nitrogens is 1. The fraction of sp³-hybridized carbons (Fsp3) is 0.200. The van der Waals surface area contributed by atoms with Crippen LogP contribution in [-0.4, -0.2) is 33.3 Å². The quantitative estimate of drug-likeness (QED) is 0.659. The lowest BCUT2D eigenvalue weighted by atomic mass is 9.98. The number of carbonyl (C=O) groups is 2. The van der Waals surface area contributed by atoms with Crippen molar-refractivity contribution >= 4 is 22.8 Å². The van der Waals surface area contributed by atoms with Gasteiger partial charge in [-0.3, -0.25) is 14.2 Å². The molecule has 2 aromatic carbocycles. The number of fused-ring (bicyclic) bond motifs is 1. The third kappa shape index (κ3) is 3.63. The first-order valence-corrected chi connectivity index (χ1v) is 8.47. The number of alkyl halides is 2. The minimum absolute atomic E-state index is 0.0822. The number of carbonyl (C=O) groups excluding carboxylic acids is 1. The van der Waals surface area contributed by atoms with Crippen LogP contribution in [0.25, 0.3) is 10.9 Å². The van der Waals surface area contributed by atoms with Crippen LogP contribution < -0.4 is 4.74 Å². The van der Waals surface area contributed by atoms with Crippen molar-refractivity contribution in [2.75, 3.05) is 0 Å². The molecule has 0 saturated heterocycles. The molecule has 1 aromatic heterocycles. The van der Waals surface area contributed by atoms with Crippen molar-refractivity contribution in [1.29, 1.82) is 0 Å². The van der Waals surface area contributed by atoms with E-state index in [4.69, 9.17) is 0 Å². The van der Waals surface area contributed by atoms with Gasteiger partial charge in [-0.2, -0.15) is 8.78 Å². The fourth-order valence-corrected chi connectivity index (χ4v) is 3.29. The second kappa shape index (κ2) is 7.50. The summed E-state index contributed by atoms with van der Waals surface area (Å²) in [6, 6.07) is 6.93. The van der Waals surface area contributed by atoms with Crippen molar-refractivity contribution in [3.05, 3.63) is 59.0 Å². The second-order valence-corrected chi connectivity index (χ2v) is 6.42. The molecule has 3 aromatic rings. The van der Waals surface area contributed by atoms with Crippen LogP contribution in [0.15, 0.2) is 36.4 Å². The Morgan fingerprint density at radius 3 is 2.31 bits per heavy atom. The van der Waals surface area contributed by atoms with Crippen molar-refractivity contribution in [1.82, 2.24) is 4.57 Å². The maximum atomic E-state index is 14.0. The third-order valence-electron chi connectivity index (χ3n) is 4.65. The van der Waals surface area contributed by atoms with Crippen LogP contribution in [0.1, 0.15) is 34.5 Å². The standard InChI is InChI=1S/C20H16F3NO5/c1-9(19(27)28)17-10(2)24(15-8-14(21)16(25)7-13(15)17)18(26)11-3-5-12(6-4-11)29-20(22)23/h3-9,20,25H,1-2H3,(H,27,28). The number of aliphatic carboxylic acids is 1. The lowest BCUT2D eigenvalue weighted by Crippen LogP contribution is -2.15. The van der Waals surface area contributed by atoms with Crippen molar-refractivity contribution in [2.24, 2.45) is 0 Å². The highest BCUT2D eigenvalue weighted by atomic mass is 19.3. The van der Waals surface area contributed by atoms with Gasteiger partial charge in [0.05, 0.1) is 11.4 Å². The Labute approximate surface area is 162 Å². The Hall–Kier alpha value is -3.49. The van der Waals surface area contributed by atoms with Crippen molar-refractivity contribution in [3.63, 3.8) is 0 Å². The highest BCUT2D eigenvalue weighted by Crippen LogP contribution is 2.36. The molecule has 0 spiro atoms. The van der Waals surface area contributed by atoms with Gasteiger partial charge in [-0.05, 0) is 49.7 Å². The van der Waals surface area contributed by atoms with Gasteiger partial charge in [-0.15, -0.1) is 0 Å². The number of ether oxygens (including phenoxy) is 1. The first-order valence-electron chi connectivity index (χ1n) is 8.47. The molecule has 29 heavy (non-hydrogen) atoms.